The fourth-order valence-corrected chi connectivity index (χ4v) is 2.89. The summed E-state index contributed by atoms with van der Waals surface area (Å²) in [6.45, 7) is 0.223. The van der Waals surface area contributed by atoms with Crippen molar-refractivity contribution in [2.24, 2.45) is 0 Å². The molecule has 0 spiro atoms. The van der Waals surface area contributed by atoms with Crippen LogP contribution in [0.1, 0.15) is 25.6 Å². The molecule has 3 aromatic rings. The molecular formula is C21H16N2O2S. The van der Waals surface area contributed by atoms with Gasteiger partial charge in [-0.3, -0.25) is 9.59 Å². The van der Waals surface area contributed by atoms with Crippen LogP contribution >= 0.6 is 11.3 Å². The third kappa shape index (κ3) is 4.59. The second kappa shape index (κ2) is 8.65. The molecule has 0 unspecified atom stereocenters. The van der Waals surface area contributed by atoms with Crippen LogP contribution in [0, 0.1) is 11.8 Å². The quantitative estimate of drug-likeness (QED) is 0.696. The second-order valence-electron chi connectivity index (χ2n) is 5.33. The minimum atomic E-state index is -0.283. The van der Waals surface area contributed by atoms with Crippen molar-refractivity contribution in [2.45, 2.75) is 0 Å². The Hall–Kier alpha value is -3.36. The molecule has 0 radical (unpaired) electrons. The highest BCUT2D eigenvalue weighted by Gasteiger charge is 2.13. The van der Waals surface area contributed by atoms with Gasteiger partial charge in [0.05, 0.1) is 22.7 Å². The summed E-state index contributed by atoms with van der Waals surface area (Å²) >= 11 is 1.35. The average Bonchev–Trinajstić information content (AvgIpc) is 3.21. The van der Waals surface area contributed by atoms with Gasteiger partial charge in [-0.15, -0.1) is 11.3 Å². The van der Waals surface area contributed by atoms with E-state index in [-0.39, 0.29) is 18.4 Å². The highest BCUT2D eigenvalue weighted by Crippen LogP contribution is 2.17. The zero-order valence-electron chi connectivity index (χ0n) is 13.9. The van der Waals surface area contributed by atoms with Gasteiger partial charge in [0.2, 0.25) is 0 Å². The van der Waals surface area contributed by atoms with Crippen molar-refractivity contribution in [1.29, 1.82) is 0 Å². The molecular weight excluding hydrogens is 344 g/mol. The lowest BCUT2D eigenvalue weighted by atomic mass is 10.1. The van der Waals surface area contributed by atoms with Crippen molar-refractivity contribution in [3.05, 3.63) is 88.1 Å². The molecule has 4 nitrogen and oxygen atoms in total. The summed E-state index contributed by atoms with van der Waals surface area (Å²) in [7, 11) is 0. The van der Waals surface area contributed by atoms with E-state index >= 15 is 0 Å². The molecule has 0 aliphatic carbocycles. The van der Waals surface area contributed by atoms with E-state index in [0.717, 1.165) is 5.56 Å². The first-order chi connectivity index (χ1) is 12.7. The van der Waals surface area contributed by atoms with Crippen LogP contribution in [-0.4, -0.2) is 18.4 Å². The van der Waals surface area contributed by atoms with Crippen LogP contribution in [0.25, 0.3) is 0 Å². The minimum Gasteiger partial charge on any atom is -0.341 e. The highest BCUT2D eigenvalue weighted by atomic mass is 32.1. The lowest BCUT2D eigenvalue weighted by Gasteiger charge is -2.09. The van der Waals surface area contributed by atoms with Crippen LogP contribution in [0.2, 0.25) is 0 Å². The van der Waals surface area contributed by atoms with Crippen molar-refractivity contribution >= 4 is 28.8 Å². The van der Waals surface area contributed by atoms with Gasteiger partial charge in [-0.1, -0.05) is 48.2 Å². The molecule has 2 amide bonds. The monoisotopic (exact) mass is 360 g/mol. The van der Waals surface area contributed by atoms with E-state index in [0.29, 0.717) is 16.1 Å². The zero-order valence-corrected chi connectivity index (χ0v) is 14.7. The number of hydrogen-bond donors (Lipinski definition) is 2. The summed E-state index contributed by atoms with van der Waals surface area (Å²) in [4.78, 5) is 25.2. The lowest BCUT2D eigenvalue weighted by molar-refractivity contribution is 0.0959. The Morgan fingerprint density at radius 1 is 0.885 bits per heavy atom. The van der Waals surface area contributed by atoms with Gasteiger partial charge < -0.3 is 10.6 Å². The number of nitrogens with one attached hydrogen (secondary N) is 2. The van der Waals surface area contributed by atoms with Gasteiger partial charge in [-0.2, -0.15) is 0 Å². The molecule has 2 N–H and O–H groups in total. The Balaban J connectivity index is 1.64. The maximum Gasteiger partial charge on any atom is 0.265 e. The number of anilines is 1. The van der Waals surface area contributed by atoms with Gasteiger partial charge in [0.1, 0.15) is 0 Å². The van der Waals surface area contributed by atoms with Crippen LogP contribution in [0.5, 0.6) is 0 Å². The third-order valence-corrected chi connectivity index (χ3v) is 4.38. The first kappa shape index (κ1) is 17.5. The first-order valence-electron chi connectivity index (χ1n) is 8.00. The second-order valence-corrected chi connectivity index (χ2v) is 6.28. The number of thiophene rings is 1. The summed E-state index contributed by atoms with van der Waals surface area (Å²) in [5.41, 5.74) is 1.77. The molecule has 1 heterocycles. The molecule has 0 fully saturated rings. The van der Waals surface area contributed by atoms with E-state index in [2.05, 4.69) is 22.5 Å². The molecule has 1 aromatic heterocycles. The van der Waals surface area contributed by atoms with E-state index in [4.69, 9.17) is 0 Å². The van der Waals surface area contributed by atoms with E-state index in [9.17, 15) is 9.59 Å². The Morgan fingerprint density at radius 2 is 1.65 bits per heavy atom. The predicted octanol–water partition coefficient (Wildman–Crippen LogP) is 3.78. The zero-order chi connectivity index (χ0) is 18.2. The fraction of sp³-hybridized carbons (Fsp3) is 0.0476. The van der Waals surface area contributed by atoms with Crippen molar-refractivity contribution in [2.75, 3.05) is 11.9 Å². The molecule has 128 valence electrons. The first-order valence-corrected chi connectivity index (χ1v) is 8.88. The smallest absolute Gasteiger partial charge is 0.265 e. The van der Waals surface area contributed by atoms with Crippen molar-refractivity contribution in [3.63, 3.8) is 0 Å². The molecule has 0 aliphatic heterocycles. The molecule has 26 heavy (non-hydrogen) atoms. The molecule has 5 heteroatoms. The van der Waals surface area contributed by atoms with Gasteiger partial charge in [0, 0.05) is 5.56 Å². The number of rotatable bonds is 4. The number of benzene rings is 2. The number of hydrogen-bond acceptors (Lipinski definition) is 3. The number of carbonyl (C=O) groups excluding carboxylic acids is 2. The molecule has 3 rings (SSSR count). The summed E-state index contributed by atoms with van der Waals surface area (Å²) in [5, 5.41) is 7.37. The van der Waals surface area contributed by atoms with Crippen LogP contribution in [-0.2, 0) is 0 Å². The highest BCUT2D eigenvalue weighted by molar-refractivity contribution is 7.12. The maximum absolute atomic E-state index is 12.4. The van der Waals surface area contributed by atoms with Gasteiger partial charge in [-0.05, 0) is 35.7 Å². The van der Waals surface area contributed by atoms with E-state index in [1.54, 1.807) is 30.3 Å². The SMILES string of the molecule is O=C(Nc1ccccc1C(=O)NCC#Cc1ccccc1)c1cccs1. The fourth-order valence-electron chi connectivity index (χ4n) is 2.27. The summed E-state index contributed by atoms with van der Waals surface area (Å²) in [5.74, 6) is 5.39. The number of carbonyl (C=O) groups is 2. The predicted molar refractivity (Wildman–Crippen MR) is 104 cm³/mol. The van der Waals surface area contributed by atoms with Gasteiger partial charge in [-0.25, -0.2) is 0 Å². The average molecular weight is 360 g/mol. The maximum atomic E-state index is 12.4. The summed E-state index contributed by atoms with van der Waals surface area (Å²) < 4.78 is 0. The van der Waals surface area contributed by atoms with Gasteiger partial charge in [0.15, 0.2) is 0 Å². The minimum absolute atomic E-state index is 0.223. The normalized spacial score (nSPS) is 9.69. The summed E-state index contributed by atoms with van der Waals surface area (Å²) in [6, 6.07) is 20.0. The van der Waals surface area contributed by atoms with E-state index in [1.165, 1.54) is 11.3 Å². The molecule has 0 aliphatic rings. The Labute approximate surface area is 155 Å². The topological polar surface area (TPSA) is 58.2 Å². The van der Waals surface area contributed by atoms with Crippen LogP contribution < -0.4 is 10.6 Å². The molecule has 0 saturated carbocycles. The number of amides is 2. The Kier molecular flexibility index (Phi) is 5.81. The Bertz CT molecular complexity index is 954. The van der Waals surface area contributed by atoms with E-state index in [1.807, 2.05) is 41.8 Å². The molecule has 0 bridgehead atoms. The largest absolute Gasteiger partial charge is 0.341 e. The van der Waals surface area contributed by atoms with Crippen molar-refractivity contribution in [3.8, 4) is 11.8 Å². The lowest BCUT2D eigenvalue weighted by Crippen LogP contribution is -2.25. The van der Waals surface area contributed by atoms with Crippen LogP contribution in [0.4, 0.5) is 5.69 Å². The van der Waals surface area contributed by atoms with Crippen molar-refractivity contribution in [1.82, 2.24) is 5.32 Å². The van der Waals surface area contributed by atoms with E-state index < -0.39 is 0 Å². The van der Waals surface area contributed by atoms with Crippen LogP contribution in [0.15, 0.2) is 72.1 Å². The molecule has 2 aromatic carbocycles. The van der Waals surface area contributed by atoms with Crippen molar-refractivity contribution < 1.29 is 9.59 Å². The summed E-state index contributed by atoms with van der Waals surface area (Å²) in [6.07, 6.45) is 0. The van der Waals surface area contributed by atoms with Gasteiger partial charge in [0.25, 0.3) is 11.8 Å². The Morgan fingerprint density at radius 3 is 2.42 bits per heavy atom. The third-order valence-electron chi connectivity index (χ3n) is 3.51. The molecule has 0 saturated heterocycles. The standard InChI is InChI=1S/C21H16N2O2S/c24-20(22-14-6-10-16-8-2-1-3-9-16)17-11-4-5-12-18(17)23-21(25)19-13-7-15-26-19/h1-5,7-9,11-13,15H,14H2,(H,22,24)(H,23,25). The molecule has 0 atom stereocenters. The van der Waals surface area contributed by atoms with Gasteiger partial charge >= 0.3 is 0 Å². The van der Waals surface area contributed by atoms with Crippen LogP contribution in [0.3, 0.4) is 0 Å². The number of para-hydroxylation sites is 1.